The molecule has 0 fully saturated rings. The highest BCUT2D eigenvalue weighted by Gasteiger charge is 2.06. The fourth-order valence-electron chi connectivity index (χ4n) is 2.18. The van der Waals surface area contributed by atoms with Gasteiger partial charge in [-0.15, -0.1) is 11.3 Å². The summed E-state index contributed by atoms with van der Waals surface area (Å²) in [6, 6.07) is 8.05. The van der Waals surface area contributed by atoms with E-state index in [2.05, 4.69) is 47.0 Å². The summed E-state index contributed by atoms with van der Waals surface area (Å²) in [7, 11) is 0. The van der Waals surface area contributed by atoms with E-state index in [1.807, 2.05) is 12.1 Å². The van der Waals surface area contributed by atoms with Crippen molar-refractivity contribution in [1.29, 1.82) is 0 Å². The molecule has 0 aliphatic rings. The molecule has 2 aromatic heterocycles. The number of hydrogen-bond acceptors (Lipinski definition) is 4. The lowest BCUT2D eigenvalue weighted by Gasteiger charge is -2.13. The molecule has 1 unspecified atom stereocenters. The van der Waals surface area contributed by atoms with Crippen molar-refractivity contribution in [2.45, 2.75) is 32.8 Å². The molecule has 0 saturated heterocycles. The van der Waals surface area contributed by atoms with Gasteiger partial charge in [0.1, 0.15) is 12.4 Å². The van der Waals surface area contributed by atoms with Crippen molar-refractivity contribution < 1.29 is 9.15 Å². The lowest BCUT2D eigenvalue weighted by atomic mass is 10.1. The van der Waals surface area contributed by atoms with E-state index in [-0.39, 0.29) is 0 Å². The first kappa shape index (κ1) is 18.5. The van der Waals surface area contributed by atoms with E-state index in [4.69, 9.17) is 9.15 Å². The van der Waals surface area contributed by atoms with E-state index in [0.717, 1.165) is 37.8 Å². The van der Waals surface area contributed by atoms with Crippen LogP contribution in [0.4, 0.5) is 0 Å². The van der Waals surface area contributed by atoms with E-state index >= 15 is 0 Å². The maximum absolute atomic E-state index is 5.57. The van der Waals surface area contributed by atoms with Gasteiger partial charge in [0.05, 0.1) is 12.8 Å². The lowest BCUT2D eigenvalue weighted by molar-refractivity contribution is 0.105. The van der Waals surface area contributed by atoms with E-state index < -0.39 is 0 Å². The zero-order chi connectivity index (χ0) is 17.0. The van der Waals surface area contributed by atoms with Crippen molar-refractivity contribution in [1.82, 2.24) is 10.6 Å². The third-order valence-corrected chi connectivity index (χ3v) is 4.58. The largest absolute Gasteiger partial charge is 0.467 e. The van der Waals surface area contributed by atoms with Crippen LogP contribution in [0.15, 0.2) is 45.3 Å². The van der Waals surface area contributed by atoms with Crippen LogP contribution in [0, 0.1) is 0 Å². The second-order valence-electron chi connectivity index (χ2n) is 5.55. The highest BCUT2D eigenvalue weighted by molar-refractivity contribution is 7.10. The van der Waals surface area contributed by atoms with Crippen molar-refractivity contribution in [3.8, 4) is 0 Å². The van der Waals surface area contributed by atoms with Gasteiger partial charge in [-0.2, -0.15) is 0 Å². The molecule has 5 nitrogen and oxygen atoms in total. The van der Waals surface area contributed by atoms with Gasteiger partial charge in [-0.05, 0) is 36.9 Å². The summed E-state index contributed by atoms with van der Waals surface area (Å²) in [5.41, 5.74) is 0. The quantitative estimate of drug-likeness (QED) is 0.391. The molecule has 0 amide bonds. The molecule has 2 aromatic rings. The molecule has 0 aliphatic carbocycles. The molecule has 0 saturated carbocycles. The van der Waals surface area contributed by atoms with Crippen LogP contribution in [0.3, 0.4) is 0 Å². The second kappa shape index (κ2) is 10.9. The van der Waals surface area contributed by atoms with Crippen LogP contribution >= 0.6 is 11.3 Å². The summed E-state index contributed by atoms with van der Waals surface area (Å²) in [5.74, 6) is 2.17. The summed E-state index contributed by atoms with van der Waals surface area (Å²) in [4.78, 5) is 6.05. The summed E-state index contributed by atoms with van der Waals surface area (Å²) < 4.78 is 10.8. The zero-order valence-electron chi connectivity index (χ0n) is 14.5. The first-order valence-electron chi connectivity index (χ1n) is 8.45. The van der Waals surface area contributed by atoms with Gasteiger partial charge in [0.15, 0.2) is 5.96 Å². The summed E-state index contributed by atoms with van der Waals surface area (Å²) in [6.45, 7) is 7.97. The molecule has 2 heterocycles. The summed E-state index contributed by atoms with van der Waals surface area (Å²) in [5, 5.41) is 8.75. The van der Waals surface area contributed by atoms with Crippen LogP contribution in [-0.2, 0) is 11.3 Å². The molecule has 0 aliphatic heterocycles. The Labute approximate surface area is 148 Å². The number of ether oxygens (including phenoxy) is 1. The molecule has 24 heavy (non-hydrogen) atoms. The standard InChI is InChI=1S/C18H27N3O2S/c1-3-19-18(21-13-15(2)17-8-5-12-24-17)20-9-6-10-22-14-16-7-4-11-23-16/h4-5,7-8,11-12,15H,3,6,9-10,13-14H2,1-2H3,(H2,19,20,21). The minimum atomic E-state index is 0.442. The van der Waals surface area contributed by atoms with Gasteiger partial charge >= 0.3 is 0 Å². The van der Waals surface area contributed by atoms with Crippen LogP contribution in [0.5, 0.6) is 0 Å². The van der Waals surface area contributed by atoms with Crippen molar-refractivity contribution in [3.05, 3.63) is 46.5 Å². The first-order chi connectivity index (χ1) is 11.8. The van der Waals surface area contributed by atoms with Crippen LogP contribution in [0.25, 0.3) is 0 Å². The molecule has 132 valence electrons. The number of nitrogens with one attached hydrogen (secondary N) is 2. The molecular formula is C18H27N3O2S. The molecule has 2 N–H and O–H groups in total. The fraction of sp³-hybridized carbons (Fsp3) is 0.500. The Balaban J connectivity index is 1.63. The Morgan fingerprint density at radius 1 is 1.33 bits per heavy atom. The van der Waals surface area contributed by atoms with Crippen LogP contribution in [0.1, 0.15) is 36.8 Å². The van der Waals surface area contributed by atoms with E-state index in [0.29, 0.717) is 19.1 Å². The molecule has 0 aromatic carbocycles. The topological polar surface area (TPSA) is 58.8 Å². The predicted molar refractivity (Wildman–Crippen MR) is 99.7 cm³/mol. The summed E-state index contributed by atoms with van der Waals surface area (Å²) in [6.07, 6.45) is 2.59. The zero-order valence-corrected chi connectivity index (χ0v) is 15.3. The molecule has 1 atom stereocenters. The van der Waals surface area contributed by atoms with Gasteiger partial charge < -0.3 is 19.8 Å². The van der Waals surface area contributed by atoms with Crippen LogP contribution in [-0.4, -0.2) is 32.2 Å². The number of hydrogen-bond donors (Lipinski definition) is 2. The Bertz CT molecular complexity index is 567. The lowest BCUT2D eigenvalue weighted by Crippen LogP contribution is -2.38. The molecule has 0 bridgehead atoms. The number of nitrogens with zero attached hydrogens (tertiary/aromatic N) is 1. The Morgan fingerprint density at radius 2 is 2.25 bits per heavy atom. The highest BCUT2D eigenvalue weighted by Crippen LogP contribution is 2.20. The minimum absolute atomic E-state index is 0.442. The highest BCUT2D eigenvalue weighted by atomic mass is 32.1. The van der Waals surface area contributed by atoms with Gasteiger partial charge in [-0.25, -0.2) is 0 Å². The molecule has 0 radical (unpaired) electrons. The van der Waals surface area contributed by atoms with Gasteiger partial charge in [-0.1, -0.05) is 13.0 Å². The fourth-order valence-corrected chi connectivity index (χ4v) is 2.96. The SMILES string of the molecule is CCNC(=NCC(C)c1cccs1)NCCCOCc1ccco1. The molecule has 6 heteroatoms. The van der Waals surface area contributed by atoms with Gasteiger partial charge in [0.25, 0.3) is 0 Å². The number of rotatable bonds is 10. The first-order valence-corrected chi connectivity index (χ1v) is 9.33. The Hall–Kier alpha value is -1.79. The maximum atomic E-state index is 5.57. The smallest absolute Gasteiger partial charge is 0.191 e. The van der Waals surface area contributed by atoms with E-state index in [1.54, 1.807) is 17.6 Å². The van der Waals surface area contributed by atoms with E-state index in [9.17, 15) is 0 Å². The van der Waals surface area contributed by atoms with Crippen LogP contribution < -0.4 is 10.6 Å². The third-order valence-electron chi connectivity index (χ3n) is 3.48. The number of aliphatic imine (C=N–C) groups is 1. The summed E-state index contributed by atoms with van der Waals surface area (Å²) >= 11 is 1.79. The Kier molecular flexibility index (Phi) is 8.41. The maximum Gasteiger partial charge on any atom is 0.191 e. The molecule has 2 rings (SSSR count). The van der Waals surface area contributed by atoms with E-state index in [1.165, 1.54) is 4.88 Å². The second-order valence-corrected chi connectivity index (χ2v) is 6.53. The van der Waals surface area contributed by atoms with Gasteiger partial charge in [-0.3, -0.25) is 4.99 Å². The van der Waals surface area contributed by atoms with Crippen molar-refractivity contribution in [2.24, 2.45) is 4.99 Å². The average molecular weight is 350 g/mol. The molecule has 0 spiro atoms. The normalized spacial score (nSPS) is 13.0. The minimum Gasteiger partial charge on any atom is -0.467 e. The van der Waals surface area contributed by atoms with Crippen molar-refractivity contribution in [2.75, 3.05) is 26.2 Å². The molecular weight excluding hydrogens is 322 g/mol. The van der Waals surface area contributed by atoms with Crippen LogP contribution in [0.2, 0.25) is 0 Å². The van der Waals surface area contributed by atoms with Gasteiger partial charge in [0.2, 0.25) is 0 Å². The number of furan rings is 1. The van der Waals surface area contributed by atoms with Crippen molar-refractivity contribution in [3.63, 3.8) is 0 Å². The predicted octanol–water partition coefficient (Wildman–Crippen LogP) is 3.61. The average Bonchev–Trinajstić information content (AvgIpc) is 3.28. The van der Waals surface area contributed by atoms with Crippen molar-refractivity contribution >= 4 is 17.3 Å². The number of guanidine groups is 1. The third kappa shape index (κ3) is 6.76. The monoisotopic (exact) mass is 349 g/mol. The number of thiophene rings is 1. The van der Waals surface area contributed by atoms with Gasteiger partial charge in [0, 0.05) is 30.5 Å². The Morgan fingerprint density at radius 3 is 2.96 bits per heavy atom.